The van der Waals surface area contributed by atoms with Crippen LogP contribution in [0.1, 0.15) is 15.9 Å². The Morgan fingerprint density at radius 1 is 1.16 bits per heavy atom. The van der Waals surface area contributed by atoms with E-state index in [4.69, 9.17) is 28.9 Å². The maximum Gasteiger partial charge on any atom is 0.256 e. The third kappa shape index (κ3) is 3.19. The molecule has 0 spiro atoms. The predicted octanol–water partition coefficient (Wildman–Crippen LogP) is 4.14. The first kappa shape index (κ1) is 13.7. The molecular weight excluding hydrogens is 283 g/mol. The Bertz CT molecular complexity index is 621. The summed E-state index contributed by atoms with van der Waals surface area (Å²) in [6.45, 7) is 1.80. The number of hydrogen-bond acceptors (Lipinski definition) is 2. The molecule has 0 unspecified atom stereocenters. The largest absolute Gasteiger partial charge is 0.398 e. The van der Waals surface area contributed by atoms with Crippen molar-refractivity contribution in [2.75, 3.05) is 11.1 Å². The first-order valence-corrected chi connectivity index (χ1v) is 6.35. The number of carbonyl (C=O) groups excluding carboxylic acids is 1. The molecule has 0 bridgehead atoms. The molecule has 0 heterocycles. The number of hydrogen-bond donors (Lipinski definition) is 2. The van der Waals surface area contributed by atoms with Crippen LogP contribution in [0.15, 0.2) is 36.4 Å². The van der Waals surface area contributed by atoms with E-state index >= 15 is 0 Å². The molecule has 0 aliphatic heterocycles. The van der Waals surface area contributed by atoms with E-state index in [1.807, 2.05) is 0 Å². The van der Waals surface area contributed by atoms with Crippen molar-refractivity contribution in [1.82, 2.24) is 0 Å². The van der Waals surface area contributed by atoms with E-state index in [-0.39, 0.29) is 5.91 Å². The number of amides is 1. The average Bonchev–Trinajstić information content (AvgIpc) is 2.31. The lowest BCUT2D eigenvalue weighted by Gasteiger charge is -2.10. The highest BCUT2D eigenvalue weighted by molar-refractivity contribution is 6.35. The van der Waals surface area contributed by atoms with E-state index in [1.54, 1.807) is 43.3 Å². The zero-order valence-corrected chi connectivity index (χ0v) is 11.7. The van der Waals surface area contributed by atoms with Gasteiger partial charge in [0.2, 0.25) is 0 Å². The molecule has 2 aromatic rings. The van der Waals surface area contributed by atoms with Gasteiger partial charge in [-0.25, -0.2) is 0 Å². The van der Waals surface area contributed by atoms with Crippen molar-refractivity contribution in [3.8, 4) is 0 Å². The lowest BCUT2D eigenvalue weighted by Crippen LogP contribution is -2.14. The molecule has 5 heteroatoms. The molecule has 0 saturated heterocycles. The van der Waals surface area contributed by atoms with Crippen LogP contribution < -0.4 is 11.1 Å². The maximum atomic E-state index is 12.2. The smallest absolute Gasteiger partial charge is 0.256 e. The summed E-state index contributed by atoms with van der Waals surface area (Å²) in [5.41, 5.74) is 8.17. The van der Waals surface area contributed by atoms with Gasteiger partial charge in [-0.1, -0.05) is 29.3 Å². The Balaban J connectivity index is 2.28. The number of benzene rings is 2. The van der Waals surface area contributed by atoms with Gasteiger partial charge in [-0.3, -0.25) is 4.79 Å². The van der Waals surface area contributed by atoms with Gasteiger partial charge in [0.15, 0.2) is 0 Å². The summed E-state index contributed by atoms with van der Waals surface area (Å²) in [5.74, 6) is -0.247. The van der Waals surface area contributed by atoms with Crippen LogP contribution in [0.5, 0.6) is 0 Å². The molecule has 0 saturated carbocycles. The number of anilines is 2. The molecule has 2 aromatic carbocycles. The lowest BCUT2D eigenvalue weighted by atomic mass is 10.1. The zero-order valence-electron chi connectivity index (χ0n) is 10.2. The van der Waals surface area contributed by atoms with Crippen molar-refractivity contribution in [2.45, 2.75) is 6.92 Å². The molecule has 0 aliphatic rings. The monoisotopic (exact) mass is 294 g/mol. The molecule has 0 aliphatic carbocycles. The number of nitrogens with one attached hydrogen (secondary N) is 1. The molecule has 0 atom stereocenters. The van der Waals surface area contributed by atoms with Gasteiger partial charge in [0, 0.05) is 27.0 Å². The molecule has 0 aromatic heterocycles. The minimum atomic E-state index is -0.247. The van der Waals surface area contributed by atoms with Gasteiger partial charge in [-0.2, -0.15) is 0 Å². The molecule has 0 fully saturated rings. The molecule has 2 rings (SSSR count). The van der Waals surface area contributed by atoms with Crippen molar-refractivity contribution in [3.63, 3.8) is 0 Å². The van der Waals surface area contributed by atoms with Crippen LogP contribution in [-0.4, -0.2) is 5.91 Å². The van der Waals surface area contributed by atoms with E-state index in [0.29, 0.717) is 27.0 Å². The van der Waals surface area contributed by atoms with Crippen molar-refractivity contribution in [1.29, 1.82) is 0 Å². The van der Waals surface area contributed by atoms with Gasteiger partial charge < -0.3 is 11.1 Å². The van der Waals surface area contributed by atoms with Gasteiger partial charge >= 0.3 is 0 Å². The van der Waals surface area contributed by atoms with Crippen molar-refractivity contribution >= 4 is 40.5 Å². The summed E-state index contributed by atoms with van der Waals surface area (Å²) in [5, 5.41) is 3.67. The normalized spacial score (nSPS) is 10.3. The fourth-order valence-electron chi connectivity index (χ4n) is 1.72. The fourth-order valence-corrected chi connectivity index (χ4v) is 2.25. The Morgan fingerprint density at radius 2 is 1.79 bits per heavy atom. The molecule has 3 nitrogen and oxygen atoms in total. The fraction of sp³-hybridized carbons (Fsp3) is 0.0714. The van der Waals surface area contributed by atoms with Crippen LogP contribution in [0, 0.1) is 6.92 Å². The number of halogens is 2. The summed E-state index contributed by atoms with van der Waals surface area (Å²) in [7, 11) is 0. The Labute approximate surface area is 121 Å². The number of nitrogens with two attached hydrogens (primary N) is 1. The van der Waals surface area contributed by atoms with Crippen LogP contribution in [0.4, 0.5) is 11.4 Å². The second-order valence-corrected chi connectivity index (χ2v) is 5.00. The van der Waals surface area contributed by atoms with Gasteiger partial charge in [0.1, 0.15) is 0 Å². The summed E-state index contributed by atoms with van der Waals surface area (Å²) >= 11 is 11.8. The summed E-state index contributed by atoms with van der Waals surface area (Å²) in [6.07, 6.45) is 0. The summed E-state index contributed by atoms with van der Waals surface area (Å²) in [4.78, 5) is 12.2. The zero-order chi connectivity index (χ0) is 14.0. The van der Waals surface area contributed by atoms with Crippen LogP contribution in [-0.2, 0) is 0 Å². The summed E-state index contributed by atoms with van der Waals surface area (Å²) in [6, 6.07) is 10.1. The van der Waals surface area contributed by atoms with E-state index in [2.05, 4.69) is 5.32 Å². The van der Waals surface area contributed by atoms with Crippen LogP contribution >= 0.6 is 23.2 Å². The second kappa shape index (κ2) is 5.51. The highest BCUT2D eigenvalue weighted by Crippen LogP contribution is 2.23. The van der Waals surface area contributed by atoms with Gasteiger partial charge in [-0.15, -0.1) is 0 Å². The summed E-state index contributed by atoms with van der Waals surface area (Å²) < 4.78 is 0. The minimum Gasteiger partial charge on any atom is -0.398 e. The lowest BCUT2D eigenvalue weighted by molar-refractivity contribution is 0.102. The number of carbonyl (C=O) groups is 1. The van der Waals surface area contributed by atoms with Gasteiger partial charge in [-0.05, 0) is 42.8 Å². The Kier molecular flexibility index (Phi) is 3.98. The van der Waals surface area contributed by atoms with E-state index < -0.39 is 0 Å². The molecule has 19 heavy (non-hydrogen) atoms. The molecule has 98 valence electrons. The first-order valence-electron chi connectivity index (χ1n) is 5.60. The van der Waals surface area contributed by atoms with Crippen LogP contribution in [0.2, 0.25) is 10.0 Å². The van der Waals surface area contributed by atoms with E-state index in [9.17, 15) is 4.79 Å². The van der Waals surface area contributed by atoms with Gasteiger partial charge in [0.05, 0.1) is 0 Å². The van der Waals surface area contributed by atoms with Crippen LogP contribution in [0.3, 0.4) is 0 Å². The average molecular weight is 295 g/mol. The highest BCUT2D eigenvalue weighted by Gasteiger charge is 2.11. The van der Waals surface area contributed by atoms with E-state index in [0.717, 1.165) is 5.56 Å². The first-order chi connectivity index (χ1) is 8.97. The molecule has 3 N–H and O–H groups in total. The minimum absolute atomic E-state index is 0.247. The SMILES string of the molecule is Cc1c(N)cccc1C(=O)Nc1cc(Cl)cc(Cl)c1. The molecule has 1 amide bonds. The third-order valence-corrected chi connectivity index (χ3v) is 3.18. The predicted molar refractivity (Wildman–Crippen MR) is 80.0 cm³/mol. The quantitative estimate of drug-likeness (QED) is 0.818. The van der Waals surface area contributed by atoms with Gasteiger partial charge in [0.25, 0.3) is 5.91 Å². The standard InChI is InChI=1S/C14H12Cl2N2O/c1-8-12(3-2-4-13(8)17)14(19)18-11-6-9(15)5-10(16)7-11/h2-7H,17H2,1H3,(H,18,19). The van der Waals surface area contributed by atoms with Crippen LogP contribution in [0.25, 0.3) is 0 Å². The Morgan fingerprint density at radius 3 is 2.42 bits per heavy atom. The van der Waals surface area contributed by atoms with Crippen molar-refractivity contribution < 1.29 is 4.79 Å². The molecular formula is C14H12Cl2N2O. The highest BCUT2D eigenvalue weighted by atomic mass is 35.5. The third-order valence-electron chi connectivity index (χ3n) is 2.74. The van der Waals surface area contributed by atoms with Crippen molar-refractivity contribution in [2.24, 2.45) is 0 Å². The maximum absolute atomic E-state index is 12.2. The topological polar surface area (TPSA) is 55.1 Å². The van der Waals surface area contributed by atoms with E-state index in [1.165, 1.54) is 0 Å². The van der Waals surface area contributed by atoms with Crippen molar-refractivity contribution in [3.05, 3.63) is 57.6 Å². The Hall–Kier alpha value is -1.71. The second-order valence-electron chi connectivity index (χ2n) is 4.13. The molecule has 0 radical (unpaired) electrons. The number of rotatable bonds is 2. The number of nitrogen functional groups attached to an aromatic ring is 1.